The Kier molecular flexibility index (Phi) is 3.41. The zero-order valence-electron chi connectivity index (χ0n) is 7.81. The lowest BCUT2D eigenvalue weighted by molar-refractivity contribution is -0.384. The number of para-hydroxylation sites is 1. The van der Waals surface area contributed by atoms with Crippen LogP contribution in [0.5, 0.6) is 0 Å². The number of nitro groups is 1. The average Bonchev–Trinajstić information content (AvgIpc) is 2.57. The van der Waals surface area contributed by atoms with E-state index in [0.717, 1.165) is 13.1 Å². The number of thiophene rings is 1. The van der Waals surface area contributed by atoms with E-state index >= 15 is 0 Å². The molecule has 0 radical (unpaired) electrons. The zero-order valence-corrected chi connectivity index (χ0v) is 11.8. The normalized spacial score (nSPS) is 10.4. The van der Waals surface area contributed by atoms with E-state index in [-0.39, 0.29) is 10.6 Å². The Morgan fingerprint density at radius 3 is 2.50 bits per heavy atom. The highest BCUT2D eigenvalue weighted by Gasteiger charge is 2.18. The van der Waals surface area contributed by atoms with Crippen molar-refractivity contribution in [3.8, 4) is 10.4 Å². The van der Waals surface area contributed by atoms with Crippen LogP contribution in [0.25, 0.3) is 10.4 Å². The molecule has 16 heavy (non-hydrogen) atoms. The summed E-state index contributed by atoms with van der Waals surface area (Å²) in [7, 11) is 0. The van der Waals surface area contributed by atoms with E-state index in [1.54, 1.807) is 18.2 Å². The van der Waals surface area contributed by atoms with Crippen LogP contribution in [0.15, 0.2) is 38.6 Å². The number of benzene rings is 1. The van der Waals surface area contributed by atoms with Crippen LogP contribution in [-0.2, 0) is 0 Å². The lowest BCUT2D eigenvalue weighted by Crippen LogP contribution is -1.90. The summed E-state index contributed by atoms with van der Waals surface area (Å²) >= 11 is 8.22. The van der Waals surface area contributed by atoms with E-state index in [4.69, 9.17) is 0 Å². The minimum atomic E-state index is -0.366. The van der Waals surface area contributed by atoms with Gasteiger partial charge in [-0.05, 0) is 44.0 Å². The molecule has 0 amide bonds. The van der Waals surface area contributed by atoms with Crippen molar-refractivity contribution >= 4 is 48.9 Å². The molecule has 1 aromatic carbocycles. The molecule has 2 rings (SSSR count). The molecule has 0 N–H and O–H groups in total. The molecule has 1 aromatic heterocycles. The maximum atomic E-state index is 10.9. The number of hydrogen-bond donors (Lipinski definition) is 0. The molecule has 0 bridgehead atoms. The molecular formula is C10H5Br2NO2S. The minimum absolute atomic E-state index is 0.123. The lowest BCUT2D eigenvalue weighted by atomic mass is 10.1. The molecular weight excluding hydrogens is 358 g/mol. The van der Waals surface area contributed by atoms with Crippen molar-refractivity contribution in [3.63, 3.8) is 0 Å². The quantitative estimate of drug-likeness (QED) is 0.566. The summed E-state index contributed by atoms with van der Waals surface area (Å²) in [6, 6.07) is 8.61. The van der Waals surface area contributed by atoms with Crippen molar-refractivity contribution in [3.05, 3.63) is 48.7 Å². The fourth-order valence-electron chi connectivity index (χ4n) is 1.35. The van der Waals surface area contributed by atoms with Crippen LogP contribution in [0.3, 0.4) is 0 Å². The fourth-order valence-corrected chi connectivity index (χ4v) is 4.02. The van der Waals surface area contributed by atoms with Gasteiger partial charge in [0.1, 0.15) is 0 Å². The number of nitro benzene ring substituents is 1. The highest BCUT2D eigenvalue weighted by atomic mass is 79.9. The molecule has 0 fully saturated rings. The molecule has 82 valence electrons. The lowest BCUT2D eigenvalue weighted by Gasteiger charge is -2.00. The van der Waals surface area contributed by atoms with Gasteiger partial charge in [0.25, 0.3) is 5.69 Å². The molecule has 0 spiro atoms. The van der Waals surface area contributed by atoms with Crippen molar-refractivity contribution in [1.82, 2.24) is 0 Å². The maximum Gasteiger partial charge on any atom is 0.278 e. The van der Waals surface area contributed by atoms with Gasteiger partial charge in [0.15, 0.2) is 0 Å². The van der Waals surface area contributed by atoms with Crippen molar-refractivity contribution in [2.75, 3.05) is 0 Å². The number of hydrogen-bond acceptors (Lipinski definition) is 3. The molecule has 0 aliphatic carbocycles. The predicted octanol–water partition coefficient (Wildman–Crippen LogP) is 4.85. The SMILES string of the molecule is O=[N+]([O-])c1ccccc1-c1sc(Br)cc1Br. The van der Waals surface area contributed by atoms with E-state index in [2.05, 4.69) is 31.9 Å². The third-order valence-corrected chi connectivity index (χ3v) is 4.56. The van der Waals surface area contributed by atoms with Crippen LogP contribution < -0.4 is 0 Å². The Balaban J connectivity index is 2.64. The Morgan fingerprint density at radius 1 is 1.25 bits per heavy atom. The first kappa shape index (κ1) is 11.8. The summed E-state index contributed by atoms with van der Waals surface area (Å²) in [5.41, 5.74) is 0.757. The second-order valence-electron chi connectivity index (χ2n) is 3.00. The largest absolute Gasteiger partial charge is 0.278 e. The van der Waals surface area contributed by atoms with Crippen LogP contribution in [0.4, 0.5) is 5.69 Å². The molecule has 0 aliphatic rings. The van der Waals surface area contributed by atoms with Crippen LogP contribution in [0.1, 0.15) is 0 Å². The van der Waals surface area contributed by atoms with Gasteiger partial charge in [-0.2, -0.15) is 0 Å². The summed E-state index contributed by atoms with van der Waals surface area (Å²) in [5, 5.41) is 10.9. The first-order valence-electron chi connectivity index (χ1n) is 4.28. The number of halogens is 2. The van der Waals surface area contributed by atoms with Crippen LogP contribution in [-0.4, -0.2) is 4.92 Å². The van der Waals surface area contributed by atoms with Crippen molar-refractivity contribution < 1.29 is 4.92 Å². The monoisotopic (exact) mass is 361 g/mol. The van der Waals surface area contributed by atoms with Crippen LogP contribution >= 0.6 is 43.2 Å². The fraction of sp³-hybridized carbons (Fsp3) is 0. The van der Waals surface area contributed by atoms with Gasteiger partial charge in [-0.15, -0.1) is 11.3 Å². The third-order valence-electron chi connectivity index (χ3n) is 2.00. The molecule has 0 atom stereocenters. The van der Waals surface area contributed by atoms with Crippen LogP contribution in [0, 0.1) is 10.1 Å². The van der Waals surface area contributed by atoms with Crippen molar-refractivity contribution in [2.24, 2.45) is 0 Å². The average molecular weight is 363 g/mol. The molecule has 2 aromatic rings. The van der Waals surface area contributed by atoms with Gasteiger partial charge in [-0.25, -0.2) is 0 Å². The van der Waals surface area contributed by atoms with E-state index in [1.165, 1.54) is 17.4 Å². The van der Waals surface area contributed by atoms with Gasteiger partial charge in [0.2, 0.25) is 0 Å². The van der Waals surface area contributed by atoms with E-state index in [0.29, 0.717) is 5.56 Å². The molecule has 0 aliphatic heterocycles. The molecule has 0 saturated carbocycles. The first-order valence-corrected chi connectivity index (χ1v) is 6.68. The molecule has 0 saturated heterocycles. The standard InChI is InChI=1S/C10H5Br2NO2S/c11-7-5-9(12)16-10(7)6-3-1-2-4-8(6)13(14)15/h1-5H. The van der Waals surface area contributed by atoms with Gasteiger partial charge < -0.3 is 0 Å². The third kappa shape index (κ3) is 2.18. The number of nitrogens with zero attached hydrogens (tertiary/aromatic N) is 1. The van der Waals surface area contributed by atoms with Crippen LogP contribution in [0.2, 0.25) is 0 Å². The van der Waals surface area contributed by atoms with Crippen molar-refractivity contribution in [2.45, 2.75) is 0 Å². The molecule has 3 nitrogen and oxygen atoms in total. The first-order chi connectivity index (χ1) is 7.59. The number of rotatable bonds is 2. The second-order valence-corrected chi connectivity index (χ2v) is 6.29. The summed E-state index contributed by atoms with van der Waals surface area (Å²) in [5.74, 6) is 0. The summed E-state index contributed by atoms with van der Waals surface area (Å²) in [6.07, 6.45) is 0. The zero-order chi connectivity index (χ0) is 11.7. The second kappa shape index (κ2) is 4.65. The highest BCUT2D eigenvalue weighted by molar-refractivity contribution is 9.11. The Hall–Kier alpha value is -0.720. The smallest absolute Gasteiger partial charge is 0.258 e. The minimum Gasteiger partial charge on any atom is -0.258 e. The predicted molar refractivity (Wildman–Crippen MR) is 71.8 cm³/mol. The highest BCUT2D eigenvalue weighted by Crippen LogP contribution is 2.42. The van der Waals surface area contributed by atoms with Gasteiger partial charge in [-0.1, -0.05) is 12.1 Å². The van der Waals surface area contributed by atoms with Crippen molar-refractivity contribution in [1.29, 1.82) is 0 Å². The Morgan fingerprint density at radius 2 is 1.94 bits per heavy atom. The summed E-state index contributed by atoms with van der Waals surface area (Å²) in [4.78, 5) is 11.4. The maximum absolute atomic E-state index is 10.9. The molecule has 0 unspecified atom stereocenters. The Labute approximate surface area is 113 Å². The Bertz CT molecular complexity index is 554. The van der Waals surface area contributed by atoms with Gasteiger partial charge in [0, 0.05) is 10.5 Å². The van der Waals surface area contributed by atoms with E-state index in [1.807, 2.05) is 6.07 Å². The van der Waals surface area contributed by atoms with Gasteiger partial charge in [0.05, 0.1) is 19.2 Å². The van der Waals surface area contributed by atoms with E-state index < -0.39 is 0 Å². The molecule has 1 heterocycles. The van der Waals surface area contributed by atoms with E-state index in [9.17, 15) is 10.1 Å². The summed E-state index contributed by atoms with van der Waals surface area (Å²) < 4.78 is 1.80. The topological polar surface area (TPSA) is 43.1 Å². The van der Waals surface area contributed by atoms with Gasteiger partial charge >= 0.3 is 0 Å². The van der Waals surface area contributed by atoms with Gasteiger partial charge in [-0.3, -0.25) is 10.1 Å². The summed E-state index contributed by atoms with van der Waals surface area (Å²) in [6.45, 7) is 0. The molecule has 6 heteroatoms.